The number of hydrogen-bond donors (Lipinski definition) is 2. The Morgan fingerprint density at radius 3 is 2.55 bits per heavy atom. The Bertz CT molecular complexity index is 500. The fourth-order valence-corrected chi connectivity index (χ4v) is 1.49. The van der Waals surface area contributed by atoms with Crippen LogP contribution in [-0.4, -0.2) is 33.7 Å². The van der Waals surface area contributed by atoms with Crippen molar-refractivity contribution in [3.8, 4) is 11.5 Å². The quantitative estimate of drug-likeness (QED) is 0.575. The molecular weight excluding hydrogens is 266 g/mol. The third kappa shape index (κ3) is 3.92. The summed E-state index contributed by atoms with van der Waals surface area (Å²) in [6.07, 6.45) is 2.64. The van der Waals surface area contributed by atoms with Gasteiger partial charge in [0.1, 0.15) is 11.3 Å². The summed E-state index contributed by atoms with van der Waals surface area (Å²) in [7, 11) is 0. The minimum absolute atomic E-state index is 0.00366. The molecule has 0 aliphatic rings. The number of carbonyl (C=O) groups excluding carboxylic acids is 1. The first-order valence-corrected chi connectivity index (χ1v) is 6.18. The zero-order valence-corrected chi connectivity index (χ0v) is 11.4. The van der Waals surface area contributed by atoms with Gasteiger partial charge in [-0.15, -0.1) is 0 Å². The van der Waals surface area contributed by atoms with Crippen LogP contribution < -0.4 is 9.47 Å². The van der Waals surface area contributed by atoms with Gasteiger partial charge in [0.15, 0.2) is 11.5 Å². The fourth-order valence-electron chi connectivity index (χ4n) is 1.49. The molecule has 1 heterocycles. The summed E-state index contributed by atoms with van der Waals surface area (Å²) >= 11 is 0. The number of carbonyl (C=O) groups is 2. The number of carboxylic acid groups (broad SMARTS) is 1. The molecule has 0 aromatic carbocycles. The molecule has 0 unspecified atom stereocenters. The lowest BCUT2D eigenvalue weighted by Gasteiger charge is -2.15. The SMILES string of the molecule is CCCCOc1c(CO)ncc(C(=O)O)c1OC(C)=O. The highest BCUT2D eigenvalue weighted by Gasteiger charge is 2.23. The highest BCUT2D eigenvalue weighted by molar-refractivity contribution is 5.93. The summed E-state index contributed by atoms with van der Waals surface area (Å²) in [5.41, 5.74) is -0.161. The molecule has 0 saturated heterocycles. The van der Waals surface area contributed by atoms with Crippen LogP contribution in [0.3, 0.4) is 0 Å². The van der Waals surface area contributed by atoms with Crippen LogP contribution in [-0.2, 0) is 11.4 Å². The Morgan fingerprint density at radius 1 is 1.35 bits per heavy atom. The number of aliphatic hydroxyl groups is 1. The maximum absolute atomic E-state index is 11.1. The minimum Gasteiger partial charge on any atom is -0.488 e. The Kier molecular flexibility index (Phi) is 5.92. The van der Waals surface area contributed by atoms with Crippen LogP contribution in [0.5, 0.6) is 11.5 Å². The van der Waals surface area contributed by atoms with Gasteiger partial charge >= 0.3 is 11.9 Å². The smallest absolute Gasteiger partial charge is 0.341 e. The number of hydrogen-bond acceptors (Lipinski definition) is 6. The number of nitrogens with zero attached hydrogens (tertiary/aromatic N) is 1. The third-order valence-electron chi connectivity index (χ3n) is 2.43. The van der Waals surface area contributed by atoms with Crippen molar-refractivity contribution in [3.05, 3.63) is 17.5 Å². The van der Waals surface area contributed by atoms with Crippen molar-refractivity contribution in [2.24, 2.45) is 0 Å². The zero-order valence-electron chi connectivity index (χ0n) is 11.4. The van der Waals surface area contributed by atoms with Gasteiger partial charge in [0, 0.05) is 13.1 Å². The molecule has 0 spiro atoms. The van der Waals surface area contributed by atoms with E-state index in [1.54, 1.807) is 0 Å². The second-order valence-corrected chi connectivity index (χ2v) is 4.04. The number of aliphatic hydroxyl groups excluding tert-OH is 1. The molecule has 2 N–H and O–H groups in total. The van der Waals surface area contributed by atoms with Crippen molar-refractivity contribution in [3.63, 3.8) is 0 Å². The average molecular weight is 283 g/mol. The molecule has 0 bridgehead atoms. The third-order valence-corrected chi connectivity index (χ3v) is 2.43. The molecule has 0 atom stereocenters. The first-order chi connectivity index (χ1) is 9.51. The molecule has 7 heteroatoms. The first-order valence-electron chi connectivity index (χ1n) is 6.18. The normalized spacial score (nSPS) is 10.2. The van der Waals surface area contributed by atoms with Gasteiger partial charge in [-0.1, -0.05) is 13.3 Å². The van der Waals surface area contributed by atoms with Crippen LogP contribution in [0.1, 0.15) is 42.7 Å². The summed E-state index contributed by atoms with van der Waals surface area (Å²) in [4.78, 5) is 26.1. The van der Waals surface area contributed by atoms with Gasteiger partial charge in [-0.2, -0.15) is 0 Å². The summed E-state index contributed by atoms with van der Waals surface area (Å²) in [6, 6.07) is 0. The lowest BCUT2D eigenvalue weighted by atomic mass is 10.2. The number of ether oxygens (including phenoxy) is 2. The van der Waals surface area contributed by atoms with E-state index in [2.05, 4.69) is 4.98 Å². The molecule has 0 saturated carbocycles. The van der Waals surface area contributed by atoms with Crippen molar-refractivity contribution in [2.45, 2.75) is 33.3 Å². The standard InChI is InChI=1S/C13H17NO6/c1-3-4-5-19-12-10(7-15)14-6-9(13(17)18)11(12)20-8(2)16/h6,15H,3-5,7H2,1-2H3,(H,17,18). The Morgan fingerprint density at radius 2 is 2.05 bits per heavy atom. The van der Waals surface area contributed by atoms with Crippen LogP contribution in [0.2, 0.25) is 0 Å². The molecule has 0 fully saturated rings. The molecule has 0 aliphatic carbocycles. The van der Waals surface area contributed by atoms with Gasteiger partial charge < -0.3 is 19.7 Å². The van der Waals surface area contributed by atoms with Gasteiger partial charge in [0.25, 0.3) is 0 Å². The Balaban J connectivity index is 3.27. The lowest BCUT2D eigenvalue weighted by molar-refractivity contribution is -0.132. The number of esters is 1. The van der Waals surface area contributed by atoms with Gasteiger partial charge in [-0.05, 0) is 6.42 Å². The van der Waals surface area contributed by atoms with E-state index in [1.165, 1.54) is 0 Å². The molecule has 1 aromatic rings. The molecular formula is C13H17NO6. The van der Waals surface area contributed by atoms with Crippen LogP contribution in [0.25, 0.3) is 0 Å². The summed E-state index contributed by atoms with van der Waals surface area (Å²) in [5.74, 6) is -2.20. The molecule has 7 nitrogen and oxygen atoms in total. The topological polar surface area (TPSA) is 106 Å². The summed E-state index contributed by atoms with van der Waals surface area (Å²) in [5, 5.41) is 18.3. The molecule has 110 valence electrons. The van der Waals surface area contributed by atoms with Gasteiger partial charge in [-0.25, -0.2) is 4.79 Å². The number of unbranched alkanes of at least 4 members (excludes halogenated alkanes) is 1. The number of pyridine rings is 1. The monoisotopic (exact) mass is 283 g/mol. The average Bonchev–Trinajstić information content (AvgIpc) is 2.39. The molecule has 1 rings (SSSR count). The van der Waals surface area contributed by atoms with Crippen molar-refractivity contribution in [1.82, 2.24) is 4.98 Å². The van der Waals surface area contributed by atoms with Gasteiger partial charge in [0.2, 0.25) is 0 Å². The highest BCUT2D eigenvalue weighted by atomic mass is 16.6. The molecule has 0 radical (unpaired) electrons. The van der Waals surface area contributed by atoms with Crippen molar-refractivity contribution in [1.29, 1.82) is 0 Å². The minimum atomic E-state index is -1.29. The molecule has 20 heavy (non-hydrogen) atoms. The van der Waals surface area contributed by atoms with Crippen molar-refractivity contribution in [2.75, 3.05) is 6.61 Å². The summed E-state index contributed by atoms with van der Waals surface area (Å²) < 4.78 is 10.3. The molecule has 1 aromatic heterocycles. The number of rotatable bonds is 7. The second kappa shape index (κ2) is 7.44. The van der Waals surface area contributed by atoms with E-state index in [0.717, 1.165) is 26.0 Å². The predicted octanol–water partition coefficient (Wildman–Crippen LogP) is 1.38. The van der Waals surface area contributed by atoms with E-state index in [1.807, 2.05) is 6.92 Å². The maximum Gasteiger partial charge on any atom is 0.341 e. The Hall–Kier alpha value is -2.15. The highest BCUT2D eigenvalue weighted by Crippen LogP contribution is 2.34. The fraction of sp³-hybridized carbons (Fsp3) is 0.462. The van der Waals surface area contributed by atoms with Crippen LogP contribution in [0, 0.1) is 0 Å². The van der Waals surface area contributed by atoms with E-state index < -0.39 is 18.5 Å². The predicted molar refractivity (Wildman–Crippen MR) is 68.8 cm³/mol. The molecule has 0 amide bonds. The summed E-state index contributed by atoms with van der Waals surface area (Å²) in [6.45, 7) is 2.98. The largest absolute Gasteiger partial charge is 0.488 e. The first kappa shape index (κ1) is 15.9. The number of aromatic nitrogens is 1. The van der Waals surface area contributed by atoms with Crippen LogP contribution in [0.4, 0.5) is 0 Å². The van der Waals surface area contributed by atoms with Gasteiger partial charge in [-0.3, -0.25) is 9.78 Å². The maximum atomic E-state index is 11.1. The van der Waals surface area contributed by atoms with Crippen molar-refractivity contribution < 1.29 is 29.3 Å². The van der Waals surface area contributed by atoms with E-state index in [0.29, 0.717) is 6.61 Å². The Labute approximate surface area is 116 Å². The van der Waals surface area contributed by atoms with Crippen LogP contribution >= 0.6 is 0 Å². The van der Waals surface area contributed by atoms with Gasteiger partial charge in [0.05, 0.1) is 13.2 Å². The lowest BCUT2D eigenvalue weighted by Crippen LogP contribution is -2.12. The van der Waals surface area contributed by atoms with Crippen molar-refractivity contribution >= 4 is 11.9 Å². The van der Waals surface area contributed by atoms with E-state index in [9.17, 15) is 14.7 Å². The van der Waals surface area contributed by atoms with E-state index in [-0.39, 0.29) is 22.8 Å². The van der Waals surface area contributed by atoms with E-state index >= 15 is 0 Å². The number of aromatic carboxylic acids is 1. The zero-order chi connectivity index (χ0) is 15.1. The van der Waals surface area contributed by atoms with E-state index in [4.69, 9.17) is 14.6 Å². The molecule has 0 aliphatic heterocycles. The number of carboxylic acids is 1. The second-order valence-electron chi connectivity index (χ2n) is 4.04. The van der Waals surface area contributed by atoms with Crippen LogP contribution in [0.15, 0.2) is 6.20 Å².